The highest BCUT2D eigenvalue weighted by molar-refractivity contribution is 7.89. The molecule has 106 valence electrons. The molecule has 1 aromatic carbocycles. The van der Waals surface area contributed by atoms with Crippen LogP contribution in [0.3, 0.4) is 0 Å². The molecule has 2 rings (SSSR count). The molecule has 0 amide bonds. The Morgan fingerprint density at radius 3 is 2.84 bits per heavy atom. The van der Waals surface area contributed by atoms with Crippen LogP contribution < -0.4 is 0 Å². The van der Waals surface area contributed by atoms with Gasteiger partial charge in [-0.05, 0) is 12.5 Å². The number of ether oxygens (including phenoxy) is 1. The van der Waals surface area contributed by atoms with E-state index < -0.39 is 10.0 Å². The van der Waals surface area contributed by atoms with E-state index in [4.69, 9.17) is 16.3 Å². The standard InChI is InChI=1S/C13H18ClNO3S/c1-2-9-19(16,17)15-7-8-18-13(10-15)11-5-3-4-6-12(11)14/h3-6,13H,2,7-10H2,1H3. The summed E-state index contributed by atoms with van der Waals surface area (Å²) in [6, 6.07) is 7.40. The smallest absolute Gasteiger partial charge is 0.214 e. The SMILES string of the molecule is CCCS(=O)(=O)N1CCOC(c2ccccc2Cl)C1. The lowest BCUT2D eigenvalue weighted by molar-refractivity contribution is -0.00248. The third-order valence-corrected chi connectivity index (χ3v) is 5.52. The van der Waals surface area contributed by atoms with Crippen molar-refractivity contribution in [1.29, 1.82) is 0 Å². The van der Waals surface area contributed by atoms with Crippen molar-refractivity contribution in [3.8, 4) is 0 Å². The van der Waals surface area contributed by atoms with Gasteiger partial charge in [0.25, 0.3) is 0 Å². The van der Waals surface area contributed by atoms with E-state index in [1.54, 1.807) is 6.07 Å². The molecule has 6 heteroatoms. The van der Waals surface area contributed by atoms with E-state index in [1.165, 1.54) is 4.31 Å². The fourth-order valence-electron chi connectivity index (χ4n) is 2.19. The van der Waals surface area contributed by atoms with E-state index >= 15 is 0 Å². The molecule has 1 aromatic rings. The summed E-state index contributed by atoms with van der Waals surface area (Å²) in [4.78, 5) is 0. The van der Waals surface area contributed by atoms with Gasteiger partial charge in [-0.15, -0.1) is 0 Å². The van der Waals surface area contributed by atoms with Crippen LogP contribution in [0.1, 0.15) is 25.0 Å². The van der Waals surface area contributed by atoms with Crippen LogP contribution in [0.4, 0.5) is 0 Å². The number of hydrogen-bond donors (Lipinski definition) is 0. The van der Waals surface area contributed by atoms with E-state index in [2.05, 4.69) is 0 Å². The first-order valence-corrected chi connectivity index (χ1v) is 8.37. The maximum Gasteiger partial charge on any atom is 0.214 e. The van der Waals surface area contributed by atoms with Crippen molar-refractivity contribution in [1.82, 2.24) is 4.31 Å². The minimum absolute atomic E-state index is 0.183. The second-order valence-electron chi connectivity index (χ2n) is 4.55. The van der Waals surface area contributed by atoms with E-state index in [1.807, 2.05) is 25.1 Å². The zero-order valence-corrected chi connectivity index (χ0v) is 12.5. The van der Waals surface area contributed by atoms with E-state index in [0.717, 1.165) is 5.56 Å². The van der Waals surface area contributed by atoms with Gasteiger partial charge in [-0.25, -0.2) is 8.42 Å². The van der Waals surface area contributed by atoms with Gasteiger partial charge in [-0.3, -0.25) is 0 Å². The normalized spacial score (nSPS) is 21.5. The van der Waals surface area contributed by atoms with Crippen molar-refractivity contribution < 1.29 is 13.2 Å². The average molecular weight is 304 g/mol. The van der Waals surface area contributed by atoms with Crippen molar-refractivity contribution in [2.45, 2.75) is 19.4 Å². The van der Waals surface area contributed by atoms with Gasteiger partial charge >= 0.3 is 0 Å². The van der Waals surface area contributed by atoms with E-state index in [0.29, 0.717) is 31.1 Å². The summed E-state index contributed by atoms with van der Waals surface area (Å²) < 4.78 is 31.3. The van der Waals surface area contributed by atoms with Crippen LogP contribution in [-0.4, -0.2) is 38.2 Å². The molecular weight excluding hydrogens is 286 g/mol. The Bertz CT molecular complexity index is 532. The summed E-state index contributed by atoms with van der Waals surface area (Å²) >= 11 is 6.13. The van der Waals surface area contributed by atoms with E-state index in [-0.39, 0.29) is 11.9 Å². The maximum absolute atomic E-state index is 12.1. The predicted molar refractivity (Wildman–Crippen MR) is 75.8 cm³/mol. The molecule has 4 nitrogen and oxygen atoms in total. The van der Waals surface area contributed by atoms with E-state index in [9.17, 15) is 8.42 Å². The highest BCUT2D eigenvalue weighted by Gasteiger charge is 2.30. The fraction of sp³-hybridized carbons (Fsp3) is 0.538. The zero-order valence-electron chi connectivity index (χ0n) is 10.9. The Morgan fingerprint density at radius 1 is 1.42 bits per heavy atom. The minimum Gasteiger partial charge on any atom is -0.371 e. The second kappa shape index (κ2) is 6.22. The molecule has 0 spiro atoms. The first kappa shape index (κ1) is 14.8. The lowest BCUT2D eigenvalue weighted by Crippen LogP contribution is -2.43. The van der Waals surface area contributed by atoms with Gasteiger partial charge in [0.2, 0.25) is 10.0 Å². The summed E-state index contributed by atoms with van der Waals surface area (Å²) in [5.41, 5.74) is 0.848. The van der Waals surface area contributed by atoms with Crippen molar-refractivity contribution in [3.63, 3.8) is 0 Å². The molecule has 1 unspecified atom stereocenters. The minimum atomic E-state index is -3.18. The lowest BCUT2D eigenvalue weighted by Gasteiger charge is -2.32. The molecule has 1 atom stereocenters. The molecule has 0 saturated carbocycles. The Balaban J connectivity index is 2.16. The predicted octanol–water partition coefficient (Wildman–Crippen LogP) is 2.45. The maximum atomic E-state index is 12.1. The summed E-state index contributed by atoms with van der Waals surface area (Å²) in [6.45, 7) is 3.03. The monoisotopic (exact) mass is 303 g/mol. The van der Waals surface area contributed by atoms with Gasteiger partial charge in [0.1, 0.15) is 0 Å². The van der Waals surface area contributed by atoms with Crippen molar-refractivity contribution in [3.05, 3.63) is 34.9 Å². The molecule has 1 heterocycles. The lowest BCUT2D eigenvalue weighted by atomic mass is 10.1. The number of hydrogen-bond acceptors (Lipinski definition) is 3. The number of rotatable bonds is 4. The largest absolute Gasteiger partial charge is 0.371 e. The van der Waals surface area contributed by atoms with Crippen LogP contribution in [0.25, 0.3) is 0 Å². The van der Waals surface area contributed by atoms with Crippen LogP contribution in [-0.2, 0) is 14.8 Å². The highest BCUT2D eigenvalue weighted by atomic mass is 35.5. The first-order valence-electron chi connectivity index (χ1n) is 6.38. The Kier molecular flexibility index (Phi) is 4.84. The summed E-state index contributed by atoms with van der Waals surface area (Å²) in [5, 5.41) is 0.613. The van der Waals surface area contributed by atoms with Crippen LogP contribution in [0, 0.1) is 0 Å². The topological polar surface area (TPSA) is 46.6 Å². The van der Waals surface area contributed by atoms with Gasteiger partial charge in [0.05, 0.1) is 18.5 Å². The van der Waals surface area contributed by atoms with Crippen molar-refractivity contribution >= 4 is 21.6 Å². The molecule has 1 aliphatic rings. The van der Waals surface area contributed by atoms with Crippen LogP contribution in [0.15, 0.2) is 24.3 Å². The first-order chi connectivity index (χ1) is 9.04. The van der Waals surface area contributed by atoms with Crippen molar-refractivity contribution in [2.75, 3.05) is 25.4 Å². The van der Waals surface area contributed by atoms with Gasteiger partial charge in [-0.1, -0.05) is 36.7 Å². The van der Waals surface area contributed by atoms with Crippen LogP contribution >= 0.6 is 11.6 Å². The van der Waals surface area contributed by atoms with Crippen LogP contribution in [0.2, 0.25) is 5.02 Å². The third kappa shape index (κ3) is 3.48. The van der Waals surface area contributed by atoms with Crippen LogP contribution in [0.5, 0.6) is 0 Å². The Morgan fingerprint density at radius 2 is 2.16 bits per heavy atom. The second-order valence-corrected chi connectivity index (χ2v) is 7.05. The molecule has 1 saturated heterocycles. The highest BCUT2D eigenvalue weighted by Crippen LogP contribution is 2.29. The molecule has 1 fully saturated rings. The fourth-order valence-corrected chi connectivity index (χ4v) is 3.94. The number of sulfonamides is 1. The number of halogens is 1. The zero-order chi connectivity index (χ0) is 13.9. The molecule has 0 aromatic heterocycles. The number of benzene rings is 1. The Labute approximate surface area is 119 Å². The third-order valence-electron chi connectivity index (χ3n) is 3.14. The average Bonchev–Trinajstić information content (AvgIpc) is 2.39. The van der Waals surface area contributed by atoms with Crippen molar-refractivity contribution in [2.24, 2.45) is 0 Å². The molecule has 0 bridgehead atoms. The quantitative estimate of drug-likeness (QED) is 0.858. The molecule has 0 N–H and O–H groups in total. The summed E-state index contributed by atoms with van der Waals surface area (Å²) in [5.74, 6) is 0.183. The molecule has 1 aliphatic heterocycles. The molecule has 0 radical (unpaired) electrons. The van der Waals surface area contributed by atoms with Gasteiger partial charge in [0, 0.05) is 23.7 Å². The number of morpholine rings is 1. The Hall–Kier alpha value is -0.620. The molecular formula is C13H18ClNO3S. The van der Waals surface area contributed by atoms with Gasteiger partial charge < -0.3 is 4.74 Å². The summed E-state index contributed by atoms with van der Waals surface area (Å²) in [6.07, 6.45) is 0.338. The van der Waals surface area contributed by atoms with Gasteiger partial charge in [-0.2, -0.15) is 4.31 Å². The molecule has 0 aliphatic carbocycles. The van der Waals surface area contributed by atoms with Gasteiger partial charge in [0.15, 0.2) is 0 Å². The molecule has 19 heavy (non-hydrogen) atoms. The summed E-state index contributed by atoms with van der Waals surface area (Å²) in [7, 11) is -3.18. The number of nitrogens with zero attached hydrogens (tertiary/aromatic N) is 1.